The Morgan fingerprint density at radius 2 is 1.59 bits per heavy atom. The third-order valence-corrected chi connectivity index (χ3v) is 6.41. The number of amides is 1. The van der Waals surface area contributed by atoms with Crippen molar-refractivity contribution in [2.45, 2.75) is 13.5 Å². The quantitative estimate of drug-likeness (QED) is 0.343. The second-order valence-corrected chi connectivity index (χ2v) is 8.69. The van der Waals surface area contributed by atoms with Crippen LogP contribution in [-0.2, 0) is 6.54 Å². The number of benzene rings is 4. The zero-order valence-corrected chi connectivity index (χ0v) is 19.4. The maximum absolute atomic E-state index is 11.9. The van der Waals surface area contributed by atoms with Crippen LogP contribution in [0.5, 0.6) is 0 Å². The minimum absolute atomic E-state index is 0.349. The summed E-state index contributed by atoms with van der Waals surface area (Å²) in [6.45, 7) is 2.48. The van der Waals surface area contributed by atoms with Crippen LogP contribution in [-0.4, -0.2) is 15.0 Å². The highest BCUT2D eigenvalue weighted by Gasteiger charge is 2.15. The summed E-state index contributed by atoms with van der Waals surface area (Å²) in [4.78, 5) is 11.9. The second kappa shape index (κ2) is 8.69. The van der Waals surface area contributed by atoms with Crippen LogP contribution in [0.25, 0.3) is 27.8 Å². The van der Waals surface area contributed by atoms with E-state index in [0.29, 0.717) is 22.7 Å². The summed E-state index contributed by atoms with van der Waals surface area (Å²) in [6.07, 6.45) is 0. The van der Waals surface area contributed by atoms with E-state index in [1.165, 1.54) is 0 Å². The third-order valence-electron chi connectivity index (χ3n) is 6.04. The highest BCUT2D eigenvalue weighted by molar-refractivity contribution is 6.31. The van der Waals surface area contributed by atoms with Crippen molar-refractivity contribution in [3.63, 3.8) is 0 Å². The molecule has 0 saturated carbocycles. The number of aryl methyl sites for hydroxylation is 1. The van der Waals surface area contributed by atoms with E-state index in [1.54, 1.807) is 6.07 Å². The van der Waals surface area contributed by atoms with Crippen molar-refractivity contribution in [2.75, 3.05) is 0 Å². The smallest absolute Gasteiger partial charge is 0.249 e. The molecule has 0 atom stereocenters. The molecule has 4 aromatic carbocycles. The Morgan fingerprint density at radius 1 is 0.912 bits per heavy atom. The summed E-state index contributed by atoms with van der Waals surface area (Å²) in [6, 6.07) is 29.1. The van der Waals surface area contributed by atoms with Gasteiger partial charge in [0.25, 0.3) is 0 Å². The number of imidazole rings is 1. The molecular weight excluding hydrogens is 444 g/mol. The minimum atomic E-state index is -0.454. The van der Waals surface area contributed by atoms with Crippen molar-refractivity contribution in [3.05, 3.63) is 118 Å². The van der Waals surface area contributed by atoms with Gasteiger partial charge in [0.05, 0.1) is 17.6 Å². The summed E-state index contributed by atoms with van der Waals surface area (Å²) >= 11 is 6.41. The Balaban J connectivity index is 1.62. The van der Waals surface area contributed by atoms with Crippen LogP contribution < -0.4 is 11.4 Å². The van der Waals surface area contributed by atoms with Gasteiger partial charge in [0.1, 0.15) is 0 Å². The summed E-state index contributed by atoms with van der Waals surface area (Å²) in [7, 11) is 0. The van der Waals surface area contributed by atoms with E-state index in [9.17, 15) is 4.79 Å². The predicted octanol–water partition coefficient (Wildman–Crippen LogP) is 5.69. The molecule has 0 aliphatic rings. The molecule has 0 spiro atoms. The molecule has 0 bridgehead atoms. The van der Waals surface area contributed by atoms with E-state index in [2.05, 4.69) is 0 Å². The average molecular weight is 467 g/mol. The fourth-order valence-corrected chi connectivity index (χ4v) is 4.55. The van der Waals surface area contributed by atoms with Crippen LogP contribution in [0.1, 0.15) is 21.5 Å². The number of carbonyl (C=O) groups excluding carboxylic acids is 1. The van der Waals surface area contributed by atoms with Gasteiger partial charge in [-0.3, -0.25) is 14.8 Å². The normalized spacial score (nSPS) is 11.1. The van der Waals surface area contributed by atoms with Gasteiger partial charge in [-0.1, -0.05) is 71.8 Å². The van der Waals surface area contributed by atoms with Crippen molar-refractivity contribution in [2.24, 2.45) is 5.73 Å². The monoisotopic (exact) mass is 466 g/mol. The van der Waals surface area contributed by atoms with Gasteiger partial charge in [-0.05, 0) is 60.0 Å². The van der Waals surface area contributed by atoms with Crippen LogP contribution in [0.4, 0.5) is 0 Å². The lowest BCUT2D eigenvalue weighted by Gasteiger charge is -2.10. The van der Waals surface area contributed by atoms with Crippen molar-refractivity contribution < 1.29 is 4.79 Å². The standard InChI is InChI=1S/C28H23ClN4O/c1-18-10-15-22(27(30)34)23(16-18)19-11-13-21(14-12-19)33-26-9-5-4-8-25(26)32(28(33)31)17-20-6-2-3-7-24(20)29/h2-16,31H,17H2,1H3,(H2,30,34). The minimum Gasteiger partial charge on any atom is -0.366 e. The maximum atomic E-state index is 11.9. The number of halogens is 1. The molecule has 3 N–H and O–H groups in total. The highest BCUT2D eigenvalue weighted by atomic mass is 35.5. The van der Waals surface area contributed by atoms with Gasteiger partial charge in [0.15, 0.2) is 0 Å². The van der Waals surface area contributed by atoms with Crippen molar-refractivity contribution in [1.29, 1.82) is 5.41 Å². The fourth-order valence-electron chi connectivity index (χ4n) is 4.35. The third kappa shape index (κ3) is 3.80. The van der Waals surface area contributed by atoms with Gasteiger partial charge in [-0.25, -0.2) is 0 Å². The summed E-state index contributed by atoms with van der Waals surface area (Å²) in [5.74, 6) is -0.454. The Bertz CT molecular complexity index is 1600. The molecule has 5 nitrogen and oxygen atoms in total. The lowest BCUT2D eigenvalue weighted by Crippen LogP contribution is -2.24. The SMILES string of the molecule is Cc1ccc(C(N)=O)c(-c2ccc(-n3c(=N)n(Cc4ccccc4Cl)c4ccccc43)cc2)c1. The van der Waals surface area contributed by atoms with Gasteiger partial charge in [0, 0.05) is 16.3 Å². The first-order valence-electron chi connectivity index (χ1n) is 10.9. The van der Waals surface area contributed by atoms with E-state index < -0.39 is 5.91 Å². The number of hydrogen-bond acceptors (Lipinski definition) is 2. The molecule has 0 fully saturated rings. The van der Waals surface area contributed by atoms with Crippen LogP contribution in [0.3, 0.4) is 0 Å². The molecule has 1 aromatic heterocycles. The number of nitrogens with two attached hydrogens (primary N) is 1. The average Bonchev–Trinajstić information content (AvgIpc) is 3.11. The first kappa shape index (κ1) is 21.7. The first-order valence-corrected chi connectivity index (χ1v) is 11.3. The van der Waals surface area contributed by atoms with E-state index in [4.69, 9.17) is 22.7 Å². The van der Waals surface area contributed by atoms with Gasteiger partial charge in [-0.15, -0.1) is 0 Å². The molecule has 5 aromatic rings. The van der Waals surface area contributed by atoms with E-state index in [-0.39, 0.29) is 0 Å². The molecule has 5 rings (SSSR count). The lowest BCUT2D eigenvalue weighted by atomic mass is 9.97. The van der Waals surface area contributed by atoms with E-state index >= 15 is 0 Å². The topological polar surface area (TPSA) is 76.8 Å². The number of nitrogens with zero attached hydrogens (tertiary/aromatic N) is 2. The van der Waals surface area contributed by atoms with Crippen LogP contribution >= 0.6 is 11.6 Å². The van der Waals surface area contributed by atoms with Crippen molar-refractivity contribution in [1.82, 2.24) is 9.13 Å². The molecule has 0 saturated heterocycles. The van der Waals surface area contributed by atoms with Gasteiger partial charge in [0.2, 0.25) is 11.5 Å². The number of carbonyl (C=O) groups is 1. The molecule has 0 aliphatic heterocycles. The maximum Gasteiger partial charge on any atom is 0.249 e. The molecule has 0 aliphatic carbocycles. The lowest BCUT2D eigenvalue weighted by molar-refractivity contribution is 0.100. The molecule has 168 valence electrons. The zero-order chi connectivity index (χ0) is 23.8. The number of nitrogens with one attached hydrogen (secondary N) is 1. The Hall–Kier alpha value is -4.09. The zero-order valence-electron chi connectivity index (χ0n) is 18.6. The summed E-state index contributed by atoms with van der Waals surface area (Å²) in [5.41, 5.74) is 12.9. The van der Waals surface area contributed by atoms with Gasteiger partial charge in [-0.2, -0.15) is 0 Å². The number of aromatic nitrogens is 2. The Kier molecular flexibility index (Phi) is 5.56. The van der Waals surface area contributed by atoms with Crippen molar-refractivity contribution >= 4 is 28.5 Å². The predicted molar refractivity (Wildman–Crippen MR) is 136 cm³/mol. The second-order valence-electron chi connectivity index (χ2n) is 8.29. The molecule has 0 unspecified atom stereocenters. The van der Waals surface area contributed by atoms with Gasteiger partial charge >= 0.3 is 0 Å². The summed E-state index contributed by atoms with van der Waals surface area (Å²) in [5, 5.41) is 9.67. The van der Waals surface area contributed by atoms with Crippen LogP contribution in [0, 0.1) is 12.3 Å². The fraction of sp³-hybridized carbons (Fsp3) is 0.0714. The highest BCUT2D eigenvalue weighted by Crippen LogP contribution is 2.27. The van der Waals surface area contributed by atoms with Crippen LogP contribution in [0.15, 0.2) is 91.0 Å². The molecule has 1 amide bonds. The van der Waals surface area contributed by atoms with E-state index in [0.717, 1.165) is 39.0 Å². The molecule has 6 heteroatoms. The molecule has 0 radical (unpaired) electrons. The first-order chi connectivity index (χ1) is 16.4. The largest absolute Gasteiger partial charge is 0.366 e. The molecule has 1 heterocycles. The number of fused-ring (bicyclic) bond motifs is 1. The number of primary amides is 1. The molecule has 34 heavy (non-hydrogen) atoms. The molecular formula is C28H23ClN4O. The summed E-state index contributed by atoms with van der Waals surface area (Å²) < 4.78 is 3.87. The van der Waals surface area contributed by atoms with Crippen LogP contribution in [0.2, 0.25) is 5.02 Å². The number of rotatable bonds is 5. The van der Waals surface area contributed by atoms with E-state index in [1.807, 2.05) is 101 Å². The van der Waals surface area contributed by atoms with Crippen molar-refractivity contribution in [3.8, 4) is 16.8 Å². The number of para-hydroxylation sites is 2. The Labute approximate surface area is 202 Å². The number of hydrogen-bond donors (Lipinski definition) is 2. The Morgan fingerprint density at radius 3 is 2.29 bits per heavy atom. The van der Waals surface area contributed by atoms with Gasteiger partial charge < -0.3 is 10.3 Å².